The molecule has 4 rings (SSSR count). The first-order valence-electron chi connectivity index (χ1n) is 9.31. The molecule has 0 bridgehead atoms. The van der Waals surface area contributed by atoms with E-state index >= 15 is 0 Å². The third-order valence-electron chi connectivity index (χ3n) is 4.51. The van der Waals surface area contributed by atoms with Crippen molar-refractivity contribution in [2.45, 2.75) is 19.7 Å². The first-order chi connectivity index (χ1) is 14.8. The van der Waals surface area contributed by atoms with Gasteiger partial charge in [0, 0.05) is 24.1 Å². The fraction of sp³-hybridized carbons (Fsp3) is 0.136. The van der Waals surface area contributed by atoms with Gasteiger partial charge in [-0.05, 0) is 43.3 Å². The number of ether oxygens (including phenoxy) is 1. The Kier molecular flexibility index (Phi) is 5.33. The van der Waals surface area contributed by atoms with Gasteiger partial charge >= 0.3 is 6.18 Å². The Morgan fingerprint density at radius 3 is 2.68 bits per heavy atom. The maximum absolute atomic E-state index is 12.8. The Hall–Kier alpha value is -3.88. The lowest BCUT2D eigenvalue weighted by molar-refractivity contribution is -0.141. The number of alkyl halides is 3. The molecule has 9 heteroatoms. The third kappa shape index (κ3) is 4.66. The molecule has 0 aliphatic carbocycles. The Morgan fingerprint density at radius 1 is 1.10 bits per heavy atom. The van der Waals surface area contributed by atoms with Crippen LogP contribution in [0.15, 0.2) is 67.0 Å². The zero-order chi connectivity index (χ0) is 22.0. The minimum Gasteiger partial charge on any atom is -0.487 e. The molecule has 3 aromatic heterocycles. The highest BCUT2D eigenvalue weighted by atomic mass is 19.4. The molecule has 3 heterocycles. The second-order valence-electron chi connectivity index (χ2n) is 6.80. The lowest BCUT2D eigenvalue weighted by atomic mass is 10.1. The highest BCUT2D eigenvalue weighted by Crippen LogP contribution is 2.28. The van der Waals surface area contributed by atoms with Gasteiger partial charge in [-0.1, -0.05) is 12.1 Å². The van der Waals surface area contributed by atoms with Gasteiger partial charge in [-0.15, -0.1) is 0 Å². The van der Waals surface area contributed by atoms with E-state index in [0.29, 0.717) is 11.4 Å². The molecule has 31 heavy (non-hydrogen) atoms. The summed E-state index contributed by atoms with van der Waals surface area (Å²) in [6.07, 6.45) is -0.812. The van der Waals surface area contributed by atoms with Gasteiger partial charge in [0.25, 0.3) is 5.91 Å². The van der Waals surface area contributed by atoms with Gasteiger partial charge in [0.15, 0.2) is 0 Å². The number of fused-ring (bicyclic) bond motifs is 1. The molecule has 0 atom stereocenters. The molecule has 0 saturated heterocycles. The summed E-state index contributed by atoms with van der Waals surface area (Å²) >= 11 is 0. The maximum Gasteiger partial charge on any atom is 0.433 e. The van der Waals surface area contributed by atoms with Crippen LogP contribution in [-0.4, -0.2) is 20.3 Å². The zero-order valence-electron chi connectivity index (χ0n) is 16.3. The Balaban J connectivity index is 1.44. The number of nitrogens with zero attached hydrogens (tertiary/aromatic N) is 3. The summed E-state index contributed by atoms with van der Waals surface area (Å²) in [4.78, 5) is 20.4. The van der Waals surface area contributed by atoms with E-state index < -0.39 is 17.8 Å². The number of pyridine rings is 2. The van der Waals surface area contributed by atoms with Gasteiger partial charge in [0.2, 0.25) is 0 Å². The number of anilines is 1. The largest absolute Gasteiger partial charge is 0.487 e. The lowest BCUT2D eigenvalue weighted by Crippen LogP contribution is -2.16. The number of nitrogens with one attached hydrogen (secondary N) is 1. The van der Waals surface area contributed by atoms with Crippen LogP contribution in [0.4, 0.5) is 18.9 Å². The molecule has 0 aliphatic rings. The number of hydrogen-bond donors (Lipinski definition) is 1. The second-order valence-corrected chi connectivity index (χ2v) is 6.80. The zero-order valence-corrected chi connectivity index (χ0v) is 16.3. The summed E-state index contributed by atoms with van der Waals surface area (Å²) in [5.74, 6) is -0.0478. The van der Waals surface area contributed by atoms with E-state index in [2.05, 4.69) is 15.3 Å². The monoisotopic (exact) mass is 426 g/mol. The van der Waals surface area contributed by atoms with E-state index in [0.717, 1.165) is 23.5 Å². The van der Waals surface area contributed by atoms with Crippen molar-refractivity contribution in [2.75, 3.05) is 5.32 Å². The Labute approximate surface area is 175 Å². The first-order valence-corrected chi connectivity index (χ1v) is 9.31. The Morgan fingerprint density at radius 2 is 1.94 bits per heavy atom. The molecular formula is C22H17F3N4O2. The number of halogens is 3. The number of carbonyl (C=O) groups is 1. The summed E-state index contributed by atoms with van der Waals surface area (Å²) in [6, 6.07) is 14.3. The van der Waals surface area contributed by atoms with Crippen LogP contribution in [-0.2, 0) is 12.8 Å². The summed E-state index contributed by atoms with van der Waals surface area (Å²) in [5, 5.41) is 2.66. The first kappa shape index (κ1) is 20.4. The van der Waals surface area contributed by atoms with E-state index in [1.807, 2.05) is 35.0 Å². The quantitative estimate of drug-likeness (QED) is 0.494. The average molecular weight is 426 g/mol. The van der Waals surface area contributed by atoms with Gasteiger partial charge in [0.1, 0.15) is 23.7 Å². The van der Waals surface area contributed by atoms with Gasteiger partial charge in [-0.3, -0.25) is 4.79 Å². The van der Waals surface area contributed by atoms with Crippen molar-refractivity contribution in [3.8, 4) is 5.75 Å². The van der Waals surface area contributed by atoms with Crippen molar-refractivity contribution in [3.05, 3.63) is 89.6 Å². The number of aromatic nitrogens is 3. The van der Waals surface area contributed by atoms with E-state index in [1.165, 1.54) is 6.92 Å². The molecule has 0 unspecified atom stereocenters. The lowest BCUT2D eigenvalue weighted by Gasteiger charge is -2.11. The fourth-order valence-corrected chi connectivity index (χ4v) is 3.03. The predicted molar refractivity (Wildman–Crippen MR) is 108 cm³/mol. The van der Waals surface area contributed by atoms with Gasteiger partial charge in [-0.2, -0.15) is 13.2 Å². The molecule has 1 amide bonds. The van der Waals surface area contributed by atoms with E-state index in [9.17, 15) is 18.0 Å². The van der Waals surface area contributed by atoms with Crippen molar-refractivity contribution in [1.29, 1.82) is 0 Å². The van der Waals surface area contributed by atoms with Crippen LogP contribution in [0, 0.1) is 6.92 Å². The highest BCUT2D eigenvalue weighted by molar-refractivity contribution is 6.05. The summed E-state index contributed by atoms with van der Waals surface area (Å²) in [6.45, 7) is 1.60. The van der Waals surface area contributed by atoms with Crippen molar-refractivity contribution < 1.29 is 22.7 Å². The SMILES string of the molecule is Cc1nc(C(F)(F)F)ccc1C(=O)Nc1cccc(OCc2cn3ccccc3n2)c1. The minimum absolute atomic E-state index is 0.00780. The summed E-state index contributed by atoms with van der Waals surface area (Å²) in [5.41, 5.74) is 1.01. The number of carbonyl (C=O) groups excluding carboxylic acids is 1. The standard InChI is InChI=1S/C22H17F3N4O2/c1-14-18(8-9-19(26-14)22(23,24)25)21(30)28-15-5-4-6-17(11-15)31-13-16-12-29-10-3-2-7-20(29)27-16/h2-12H,13H2,1H3,(H,28,30). The molecule has 0 saturated carbocycles. The summed E-state index contributed by atoms with van der Waals surface area (Å²) < 4.78 is 45.9. The number of aryl methyl sites for hydroxylation is 1. The smallest absolute Gasteiger partial charge is 0.433 e. The normalized spacial score (nSPS) is 11.5. The van der Waals surface area contributed by atoms with E-state index in [1.54, 1.807) is 24.3 Å². The van der Waals surface area contributed by atoms with Crippen LogP contribution >= 0.6 is 0 Å². The molecule has 1 aromatic carbocycles. The number of imidazole rings is 1. The number of amides is 1. The average Bonchev–Trinajstić information content (AvgIpc) is 3.15. The maximum atomic E-state index is 12.8. The second kappa shape index (κ2) is 8.10. The number of rotatable bonds is 5. The molecule has 0 aliphatic heterocycles. The number of benzene rings is 1. The van der Waals surface area contributed by atoms with Gasteiger partial charge in [-0.25, -0.2) is 9.97 Å². The topological polar surface area (TPSA) is 68.5 Å². The van der Waals surface area contributed by atoms with Gasteiger partial charge < -0.3 is 14.5 Å². The predicted octanol–water partition coefficient (Wildman–Crippen LogP) is 4.89. The van der Waals surface area contributed by atoms with E-state index in [-0.39, 0.29) is 17.9 Å². The summed E-state index contributed by atoms with van der Waals surface area (Å²) in [7, 11) is 0. The van der Waals surface area contributed by atoms with Crippen LogP contribution in [0.25, 0.3) is 5.65 Å². The molecule has 0 fully saturated rings. The Bertz CT molecular complexity index is 1220. The minimum atomic E-state index is -4.56. The van der Waals surface area contributed by atoms with Crippen LogP contribution in [0.2, 0.25) is 0 Å². The van der Waals surface area contributed by atoms with Crippen LogP contribution in [0.1, 0.15) is 27.4 Å². The van der Waals surface area contributed by atoms with E-state index in [4.69, 9.17) is 4.74 Å². The molecule has 6 nitrogen and oxygen atoms in total. The van der Waals surface area contributed by atoms with Crippen LogP contribution < -0.4 is 10.1 Å². The molecule has 0 spiro atoms. The molecule has 0 radical (unpaired) electrons. The van der Waals surface area contributed by atoms with Crippen molar-refractivity contribution in [1.82, 2.24) is 14.4 Å². The highest BCUT2D eigenvalue weighted by Gasteiger charge is 2.33. The van der Waals surface area contributed by atoms with Crippen LogP contribution in [0.3, 0.4) is 0 Å². The molecule has 4 aromatic rings. The molecule has 158 valence electrons. The number of hydrogen-bond acceptors (Lipinski definition) is 4. The molecular weight excluding hydrogens is 409 g/mol. The van der Waals surface area contributed by atoms with Crippen molar-refractivity contribution in [3.63, 3.8) is 0 Å². The van der Waals surface area contributed by atoms with Crippen LogP contribution in [0.5, 0.6) is 5.75 Å². The third-order valence-corrected chi connectivity index (χ3v) is 4.51. The van der Waals surface area contributed by atoms with Crippen molar-refractivity contribution >= 4 is 17.2 Å². The van der Waals surface area contributed by atoms with Gasteiger partial charge in [0.05, 0.1) is 17.0 Å². The van der Waals surface area contributed by atoms with Crippen molar-refractivity contribution in [2.24, 2.45) is 0 Å². The fourth-order valence-electron chi connectivity index (χ4n) is 3.03. The molecule has 1 N–H and O–H groups in total.